The van der Waals surface area contributed by atoms with Gasteiger partial charge < -0.3 is 9.15 Å². The van der Waals surface area contributed by atoms with Gasteiger partial charge in [0, 0.05) is 39.3 Å². The molecule has 19 heavy (non-hydrogen) atoms. The van der Waals surface area contributed by atoms with E-state index in [1.807, 2.05) is 13.2 Å². The van der Waals surface area contributed by atoms with Gasteiger partial charge in [0.25, 0.3) is 0 Å². The van der Waals surface area contributed by atoms with Crippen molar-refractivity contribution in [1.29, 1.82) is 0 Å². The lowest BCUT2D eigenvalue weighted by molar-refractivity contribution is 0.0813. The highest BCUT2D eigenvalue weighted by Gasteiger charge is 2.30. The van der Waals surface area contributed by atoms with E-state index in [1.54, 1.807) is 6.26 Å². The summed E-state index contributed by atoms with van der Waals surface area (Å²) in [6, 6.07) is 4.79. The summed E-state index contributed by atoms with van der Waals surface area (Å²) in [4.78, 5) is 5.12. The van der Waals surface area contributed by atoms with Crippen LogP contribution in [-0.2, 0) is 11.3 Å². The van der Waals surface area contributed by atoms with Gasteiger partial charge in [-0.1, -0.05) is 0 Å². The predicted molar refractivity (Wildman–Crippen MR) is 74.0 cm³/mol. The molecule has 0 aliphatic carbocycles. The summed E-state index contributed by atoms with van der Waals surface area (Å²) in [5.74, 6) is 1.08. The first-order valence-corrected chi connectivity index (χ1v) is 7.37. The second-order valence-corrected chi connectivity index (χ2v) is 5.73. The molecule has 1 atom stereocenters. The number of likely N-dealkylation sites (tertiary alicyclic amines) is 2. The zero-order valence-corrected chi connectivity index (χ0v) is 11.8. The molecule has 0 aromatic carbocycles. The van der Waals surface area contributed by atoms with E-state index < -0.39 is 0 Å². The molecule has 2 aliphatic rings. The molecule has 0 radical (unpaired) electrons. The quantitative estimate of drug-likeness (QED) is 0.831. The number of nitrogens with zero attached hydrogens (tertiary/aromatic N) is 2. The van der Waals surface area contributed by atoms with E-state index >= 15 is 0 Å². The predicted octanol–water partition coefficient (Wildman–Crippen LogP) is 1.96. The lowest BCUT2D eigenvalue weighted by Gasteiger charge is -2.36. The van der Waals surface area contributed by atoms with Gasteiger partial charge in [-0.05, 0) is 31.4 Å². The molecule has 2 aliphatic heterocycles. The van der Waals surface area contributed by atoms with Crippen molar-refractivity contribution < 1.29 is 9.15 Å². The van der Waals surface area contributed by atoms with Crippen LogP contribution in [-0.4, -0.2) is 55.2 Å². The van der Waals surface area contributed by atoms with Gasteiger partial charge in [0.2, 0.25) is 0 Å². The minimum absolute atomic E-state index is 0.459. The minimum Gasteiger partial charge on any atom is -0.468 e. The molecule has 3 rings (SSSR count). The van der Waals surface area contributed by atoms with Crippen LogP contribution >= 0.6 is 0 Å². The van der Waals surface area contributed by atoms with E-state index in [1.165, 1.54) is 38.9 Å². The van der Waals surface area contributed by atoms with Crippen LogP contribution in [0.2, 0.25) is 0 Å². The summed E-state index contributed by atoms with van der Waals surface area (Å²) in [6.45, 7) is 5.65. The molecule has 0 N–H and O–H groups in total. The fourth-order valence-electron chi connectivity index (χ4n) is 3.34. The highest BCUT2D eigenvalue weighted by molar-refractivity contribution is 4.98. The maximum Gasteiger partial charge on any atom is 0.117 e. The monoisotopic (exact) mass is 264 g/mol. The van der Waals surface area contributed by atoms with Gasteiger partial charge in [-0.3, -0.25) is 9.80 Å². The molecular formula is C15H24N2O2. The molecule has 1 aromatic rings. The molecule has 1 aromatic heterocycles. The van der Waals surface area contributed by atoms with Crippen LogP contribution in [0, 0.1) is 0 Å². The van der Waals surface area contributed by atoms with Gasteiger partial charge in [0.15, 0.2) is 0 Å². The van der Waals surface area contributed by atoms with Gasteiger partial charge >= 0.3 is 0 Å². The molecule has 0 bridgehead atoms. The van der Waals surface area contributed by atoms with Gasteiger partial charge in [0.1, 0.15) is 5.76 Å². The second-order valence-electron chi connectivity index (χ2n) is 5.73. The van der Waals surface area contributed by atoms with Crippen molar-refractivity contribution in [3.8, 4) is 0 Å². The normalized spacial score (nSPS) is 27.1. The van der Waals surface area contributed by atoms with Crippen LogP contribution in [0.25, 0.3) is 0 Å². The summed E-state index contributed by atoms with van der Waals surface area (Å²) in [6.07, 6.45) is 5.97. The smallest absolute Gasteiger partial charge is 0.117 e. The molecule has 4 nitrogen and oxygen atoms in total. The number of hydrogen-bond donors (Lipinski definition) is 0. The summed E-state index contributed by atoms with van der Waals surface area (Å²) in [5, 5.41) is 0. The molecule has 3 heterocycles. The van der Waals surface area contributed by atoms with E-state index in [-0.39, 0.29) is 0 Å². The molecule has 1 unspecified atom stereocenters. The summed E-state index contributed by atoms with van der Waals surface area (Å²) in [7, 11) is 1.83. The maximum absolute atomic E-state index is 5.46. The fraction of sp³-hybridized carbons (Fsp3) is 0.733. The third-order valence-corrected chi connectivity index (χ3v) is 4.54. The first kappa shape index (κ1) is 13.2. The molecule has 2 fully saturated rings. The topological polar surface area (TPSA) is 28.9 Å². The highest BCUT2D eigenvalue weighted by atomic mass is 16.5. The van der Waals surface area contributed by atoms with E-state index in [9.17, 15) is 0 Å². The van der Waals surface area contributed by atoms with E-state index in [0.29, 0.717) is 6.10 Å². The summed E-state index contributed by atoms with van der Waals surface area (Å²) < 4.78 is 10.9. The number of piperidine rings is 1. The van der Waals surface area contributed by atoms with Crippen LogP contribution in [0.5, 0.6) is 0 Å². The van der Waals surface area contributed by atoms with Gasteiger partial charge in [0.05, 0.1) is 18.9 Å². The Morgan fingerprint density at radius 1 is 1.26 bits per heavy atom. The SMILES string of the molecule is COC1CCN(C2CCN(Cc3ccco3)CC2)C1. The van der Waals surface area contributed by atoms with Crippen molar-refractivity contribution in [1.82, 2.24) is 9.80 Å². The van der Waals surface area contributed by atoms with Crippen molar-refractivity contribution in [3.05, 3.63) is 24.2 Å². The Labute approximate surface area is 115 Å². The summed E-state index contributed by atoms with van der Waals surface area (Å²) in [5.41, 5.74) is 0. The Balaban J connectivity index is 1.44. The highest BCUT2D eigenvalue weighted by Crippen LogP contribution is 2.23. The van der Waals surface area contributed by atoms with Crippen LogP contribution in [0.15, 0.2) is 22.8 Å². The van der Waals surface area contributed by atoms with E-state index in [4.69, 9.17) is 9.15 Å². The fourth-order valence-corrected chi connectivity index (χ4v) is 3.34. The van der Waals surface area contributed by atoms with Crippen LogP contribution < -0.4 is 0 Å². The number of methoxy groups -OCH3 is 1. The number of rotatable bonds is 4. The Kier molecular flexibility index (Phi) is 4.21. The molecule has 2 saturated heterocycles. The standard InChI is InChI=1S/C15H24N2O2/c1-18-14-6-9-17(12-14)13-4-7-16(8-5-13)11-15-3-2-10-19-15/h2-3,10,13-14H,4-9,11-12H2,1H3. The zero-order chi connectivity index (χ0) is 13.1. The van der Waals surface area contributed by atoms with Crippen LogP contribution in [0.3, 0.4) is 0 Å². The van der Waals surface area contributed by atoms with Crippen molar-refractivity contribution in [2.24, 2.45) is 0 Å². The molecule has 106 valence electrons. The molecule has 0 amide bonds. The maximum atomic E-state index is 5.46. The van der Waals surface area contributed by atoms with Gasteiger partial charge in [-0.15, -0.1) is 0 Å². The Morgan fingerprint density at radius 3 is 2.74 bits per heavy atom. The number of furan rings is 1. The average Bonchev–Trinajstić information content (AvgIpc) is 3.10. The minimum atomic E-state index is 0.459. The molecular weight excluding hydrogens is 240 g/mol. The van der Waals surface area contributed by atoms with Gasteiger partial charge in [-0.25, -0.2) is 0 Å². The van der Waals surface area contributed by atoms with Crippen molar-refractivity contribution >= 4 is 0 Å². The van der Waals surface area contributed by atoms with Crippen LogP contribution in [0.1, 0.15) is 25.0 Å². The number of ether oxygens (including phenoxy) is 1. The van der Waals surface area contributed by atoms with E-state index in [0.717, 1.165) is 24.9 Å². The van der Waals surface area contributed by atoms with Gasteiger partial charge in [-0.2, -0.15) is 0 Å². The Morgan fingerprint density at radius 2 is 2.11 bits per heavy atom. The zero-order valence-electron chi connectivity index (χ0n) is 11.8. The van der Waals surface area contributed by atoms with Crippen molar-refractivity contribution in [3.63, 3.8) is 0 Å². The molecule has 0 spiro atoms. The summed E-state index contributed by atoms with van der Waals surface area (Å²) >= 11 is 0. The van der Waals surface area contributed by atoms with Crippen molar-refractivity contribution in [2.75, 3.05) is 33.3 Å². The molecule has 0 saturated carbocycles. The first-order valence-electron chi connectivity index (χ1n) is 7.37. The van der Waals surface area contributed by atoms with E-state index in [2.05, 4.69) is 15.9 Å². The van der Waals surface area contributed by atoms with Crippen molar-refractivity contribution in [2.45, 2.75) is 38.0 Å². The average molecular weight is 264 g/mol. The number of hydrogen-bond acceptors (Lipinski definition) is 4. The largest absolute Gasteiger partial charge is 0.468 e. The molecule has 4 heteroatoms. The first-order chi connectivity index (χ1) is 9.35. The third kappa shape index (κ3) is 3.19. The van der Waals surface area contributed by atoms with Crippen LogP contribution in [0.4, 0.5) is 0 Å². The Bertz CT molecular complexity index is 372. The Hall–Kier alpha value is -0.840. The third-order valence-electron chi connectivity index (χ3n) is 4.54. The second kappa shape index (κ2) is 6.07. The lowest BCUT2D eigenvalue weighted by atomic mass is 10.0. The lowest BCUT2D eigenvalue weighted by Crippen LogP contribution is -2.44.